The molecule has 1 saturated heterocycles. The third kappa shape index (κ3) is 4.58. The fourth-order valence-electron chi connectivity index (χ4n) is 2.64. The Bertz CT molecular complexity index is 371. The predicted molar refractivity (Wildman–Crippen MR) is 82.0 cm³/mol. The Labute approximate surface area is 122 Å². The average molecular weight is 277 g/mol. The molecule has 1 aromatic carbocycles. The summed E-state index contributed by atoms with van der Waals surface area (Å²) in [4.78, 5) is 0. The van der Waals surface area contributed by atoms with Gasteiger partial charge in [-0.1, -0.05) is 37.6 Å². The van der Waals surface area contributed by atoms with Gasteiger partial charge in [0.05, 0.1) is 25.4 Å². The van der Waals surface area contributed by atoms with Crippen LogP contribution in [-0.2, 0) is 15.9 Å². The summed E-state index contributed by atoms with van der Waals surface area (Å²) in [6.45, 7) is 4.52. The fourth-order valence-corrected chi connectivity index (χ4v) is 2.64. The number of hydrogen-bond acceptors (Lipinski definition) is 3. The molecule has 1 aliphatic rings. The van der Waals surface area contributed by atoms with E-state index in [2.05, 4.69) is 36.5 Å². The van der Waals surface area contributed by atoms with Crippen LogP contribution >= 0.6 is 0 Å². The highest BCUT2D eigenvalue weighted by atomic mass is 16.5. The molecule has 3 nitrogen and oxygen atoms in total. The van der Waals surface area contributed by atoms with Crippen LogP contribution in [0.5, 0.6) is 0 Å². The molecular weight excluding hydrogens is 250 g/mol. The van der Waals surface area contributed by atoms with E-state index in [-0.39, 0.29) is 6.04 Å². The Balaban J connectivity index is 1.80. The van der Waals surface area contributed by atoms with Gasteiger partial charge in [0, 0.05) is 6.61 Å². The van der Waals surface area contributed by atoms with Crippen molar-refractivity contribution in [2.75, 3.05) is 26.9 Å². The van der Waals surface area contributed by atoms with Crippen molar-refractivity contribution < 1.29 is 9.47 Å². The second kappa shape index (κ2) is 8.40. The van der Waals surface area contributed by atoms with Gasteiger partial charge < -0.3 is 14.8 Å². The minimum absolute atomic E-state index is 0.257. The second-order valence-corrected chi connectivity index (χ2v) is 5.51. The Morgan fingerprint density at radius 2 is 2.15 bits per heavy atom. The monoisotopic (exact) mass is 277 g/mol. The van der Waals surface area contributed by atoms with Gasteiger partial charge in [0.2, 0.25) is 0 Å². The quantitative estimate of drug-likeness (QED) is 0.792. The molecule has 0 radical (unpaired) electrons. The van der Waals surface area contributed by atoms with Crippen LogP contribution in [0.2, 0.25) is 0 Å². The lowest BCUT2D eigenvalue weighted by molar-refractivity contribution is 0.0105. The molecule has 0 bridgehead atoms. The maximum absolute atomic E-state index is 5.82. The molecule has 20 heavy (non-hydrogen) atoms. The van der Waals surface area contributed by atoms with Crippen molar-refractivity contribution >= 4 is 0 Å². The van der Waals surface area contributed by atoms with Crippen molar-refractivity contribution in [2.24, 2.45) is 0 Å². The predicted octanol–water partition coefficient (Wildman–Crippen LogP) is 3.10. The minimum Gasteiger partial charge on any atom is -0.377 e. The van der Waals surface area contributed by atoms with Gasteiger partial charge in [0.1, 0.15) is 0 Å². The first-order valence-corrected chi connectivity index (χ1v) is 7.79. The first-order valence-electron chi connectivity index (χ1n) is 7.79. The van der Waals surface area contributed by atoms with E-state index >= 15 is 0 Å². The van der Waals surface area contributed by atoms with Crippen molar-refractivity contribution in [2.45, 2.75) is 44.8 Å². The number of benzene rings is 1. The highest BCUT2D eigenvalue weighted by molar-refractivity contribution is 5.25. The lowest BCUT2D eigenvalue weighted by Crippen LogP contribution is -2.24. The highest BCUT2D eigenvalue weighted by Crippen LogP contribution is 2.17. The average Bonchev–Trinajstić information content (AvgIpc) is 2.98. The van der Waals surface area contributed by atoms with Gasteiger partial charge in [-0.2, -0.15) is 0 Å². The molecular formula is C17H27NO2. The van der Waals surface area contributed by atoms with Crippen LogP contribution in [0, 0.1) is 0 Å². The molecule has 0 amide bonds. The molecule has 2 unspecified atom stereocenters. The summed E-state index contributed by atoms with van der Waals surface area (Å²) < 4.78 is 11.4. The summed E-state index contributed by atoms with van der Waals surface area (Å²) in [5, 5.41) is 3.33. The smallest absolute Gasteiger partial charge is 0.0809 e. The standard InChI is InChI=1S/C17H27NO2/c1-3-5-14-7-9-15(10-8-14)17(18-2)13-19-12-16-6-4-11-20-16/h7-10,16-18H,3-6,11-13H2,1-2H3. The van der Waals surface area contributed by atoms with Crippen molar-refractivity contribution in [3.63, 3.8) is 0 Å². The molecule has 1 heterocycles. The van der Waals surface area contributed by atoms with Crippen molar-refractivity contribution in [1.82, 2.24) is 5.32 Å². The fraction of sp³-hybridized carbons (Fsp3) is 0.647. The number of aryl methyl sites for hydroxylation is 1. The summed E-state index contributed by atoms with van der Waals surface area (Å²) >= 11 is 0. The number of likely N-dealkylation sites (N-methyl/N-ethyl adjacent to an activating group) is 1. The van der Waals surface area contributed by atoms with Crippen LogP contribution in [0.1, 0.15) is 43.4 Å². The Kier molecular flexibility index (Phi) is 6.51. The summed E-state index contributed by atoms with van der Waals surface area (Å²) in [6.07, 6.45) is 4.96. The van der Waals surface area contributed by atoms with Gasteiger partial charge in [0.25, 0.3) is 0 Å². The largest absolute Gasteiger partial charge is 0.377 e. The highest BCUT2D eigenvalue weighted by Gasteiger charge is 2.16. The van der Waals surface area contributed by atoms with E-state index < -0.39 is 0 Å². The summed E-state index contributed by atoms with van der Waals surface area (Å²) in [5.41, 5.74) is 2.70. The van der Waals surface area contributed by atoms with Crippen molar-refractivity contribution in [3.8, 4) is 0 Å². The third-order valence-corrected chi connectivity index (χ3v) is 3.88. The van der Waals surface area contributed by atoms with Crippen LogP contribution in [0.25, 0.3) is 0 Å². The van der Waals surface area contributed by atoms with Gasteiger partial charge in [-0.15, -0.1) is 0 Å². The Hall–Kier alpha value is -0.900. The van der Waals surface area contributed by atoms with E-state index in [9.17, 15) is 0 Å². The molecule has 0 saturated carbocycles. The zero-order valence-electron chi connectivity index (χ0n) is 12.7. The molecule has 0 spiro atoms. The molecule has 1 aromatic rings. The summed E-state index contributed by atoms with van der Waals surface area (Å²) in [5.74, 6) is 0. The molecule has 0 aromatic heterocycles. The van der Waals surface area contributed by atoms with E-state index in [0.717, 1.165) is 19.4 Å². The molecule has 1 aliphatic heterocycles. The SMILES string of the molecule is CCCc1ccc(C(COCC2CCCO2)NC)cc1. The molecule has 2 atom stereocenters. The first kappa shape index (κ1) is 15.5. The number of hydrogen-bond donors (Lipinski definition) is 1. The first-order chi connectivity index (χ1) is 9.83. The van der Waals surface area contributed by atoms with Crippen LogP contribution in [-0.4, -0.2) is 33.0 Å². The van der Waals surface area contributed by atoms with Crippen LogP contribution < -0.4 is 5.32 Å². The lowest BCUT2D eigenvalue weighted by Gasteiger charge is -2.18. The maximum Gasteiger partial charge on any atom is 0.0809 e. The lowest BCUT2D eigenvalue weighted by atomic mass is 10.0. The zero-order chi connectivity index (χ0) is 14.2. The van der Waals surface area contributed by atoms with E-state index in [0.29, 0.717) is 19.3 Å². The van der Waals surface area contributed by atoms with E-state index in [1.807, 2.05) is 7.05 Å². The van der Waals surface area contributed by atoms with Crippen molar-refractivity contribution in [3.05, 3.63) is 35.4 Å². The Morgan fingerprint density at radius 1 is 1.35 bits per heavy atom. The van der Waals surface area contributed by atoms with Gasteiger partial charge in [-0.25, -0.2) is 0 Å². The second-order valence-electron chi connectivity index (χ2n) is 5.51. The Morgan fingerprint density at radius 3 is 2.75 bits per heavy atom. The molecule has 3 heteroatoms. The molecule has 1 N–H and O–H groups in total. The van der Waals surface area contributed by atoms with E-state index in [4.69, 9.17) is 9.47 Å². The molecule has 0 aliphatic carbocycles. The van der Waals surface area contributed by atoms with Crippen LogP contribution in [0.4, 0.5) is 0 Å². The number of rotatable bonds is 8. The molecule has 112 valence electrons. The van der Waals surface area contributed by atoms with Gasteiger partial charge in [-0.05, 0) is 37.4 Å². The van der Waals surface area contributed by atoms with Crippen molar-refractivity contribution in [1.29, 1.82) is 0 Å². The normalized spacial score (nSPS) is 20.2. The zero-order valence-corrected chi connectivity index (χ0v) is 12.7. The maximum atomic E-state index is 5.82. The number of nitrogens with one attached hydrogen (secondary N) is 1. The third-order valence-electron chi connectivity index (χ3n) is 3.88. The summed E-state index contributed by atoms with van der Waals surface area (Å²) in [7, 11) is 1.99. The minimum atomic E-state index is 0.257. The summed E-state index contributed by atoms with van der Waals surface area (Å²) in [6, 6.07) is 9.13. The number of ether oxygens (including phenoxy) is 2. The molecule has 1 fully saturated rings. The van der Waals surface area contributed by atoms with E-state index in [1.165, 1.54) is 24.0 Å². The van der Waals surface area contributed by atoms with Gasteiger partial charge >= 0.3 is 0 Å². The molecule has 2 rings (SSSR count). The van der Waals surface area contributed by atoms with Crippen LogP contribution in [0.15, 0.2) is 24.3 Å². The van der Waals surface area contributed by atoms with E-state index in [1.54, 1.807) is 0 Å². The van der Waals surface area contributed by atoms with Gasteiger partial charge in [-0.3, -0.25) is 0 Å². The topological polar surface area (TPSA) is 30.5 Å². The van der Waals surface area contributed by atoms with Crippen LogP contribution in [0.3, 0.4) is 0 Å². The van der Waals surface area contributed by atoms with Gasteiger partial charge in [0.15, 0.2) is 0 Å².